The van der Waals surface area contributed by atoms with Crippen LogP contribution in [0.15, 0.2) is 53.6 Å². The first-order chi connectivity index (χ1) is 16.6. The Hall–Kier alpha value is -4.87. The fourth-order valence-electron chi connectivity index (χ4n) is 3.15. The molecule has 0 radical (unpaired) electrons. The van der Waals surface area contributed by atoms with Crippen molar-refractivity contribution in [3.63, 3.8) is 0 Å². The molecule has 0 saturated carbocycles. The molecule has 0 fully saturated rings. The summed E-state index contributed by atoms with van der Waals surface area (Å²) in [6.45, 7) is 2.72. The van der Waals surface area contributed by atoms with Crippen molar-refractivity contribution >= 4 is 23.5 Å². The number of carboxylic acid groups (broad SMARTS) is 1. The molecule has 0 atom stereocenters. The highest BCUT2D eigenvalue weighted by Crippen LogP contribution is 2.31. The first-order valence-electron chi connectivity index (χ1n) is 10.3. The van der Waals surface area contributed by atoms with Gasteiger partial charge in [0.15, 0.2) is 5.75 Å². The molecule has 0 spiro atoms. The molecule has 2 aromatic heterocycles. The average molecular weight is 482 g/mol. The molecule has 2 heterocycles. The van der Waals surface area contributed by atoms with Gasteiger partial charge >= 0.3 is 5.97 Å². The van der Waals surface area contributed by atoms with Crippen LogP contribution in [-0.4, -0.2) is 55.3 Å². The number of carboxylic acids is 1. The van der Waals surface area contributed by atoms with E-state index in [-0.39, 0.29) is 17.5 Å². The summed E-state index contributed by atoms with van der Waals surface area (Å²) >= 11 is 0. The summed E-state index contributed by atoms with van der Waals surface area (Å²) in [6, 6.07) is 8.92. The maximum atomic E-state index is 13.3. The minimum atomic E-state index is -1.39. The number of rotatable bonds is 8. The van der Waals surface area contributed by atoms with Gasteiger partial charge in [-0.05, 0) is 38.1 Å². The second-order valence-corrected chi connectivity index (χ2v) is 7.50. The van der Waals surface area contributed by atoms with Crippen molar-refractivity contribution in [2.45, 2.75) is 20.0 Å². The van der Waals surface area contributed by atoms with Gasteiger partial charge in [0.05, 0.1) is 23.7 Å². The lowest BCUT2D eigenvalue weighted by molar-refractivity contribution is -0.135. The first kappa shape index (κ1) is 24.8. The highest BCUT2D eigenvalue weighted by Gasteiger charge is 2.30. The van der Waals surface area contributed by atoms with Crippen molar-refractivity contribution in [3.8, 4) is 23.1 Å². The van der Waals surface area contributed by atoms with Crippen molar-refractivity contribution < 1.29 is 34.4 Å². The van der Waals surface area contributed by atoms with E-state index >= 15 is 0 Å². The summed E-state index contributed by atoms with van der Waals surface area (Å²) in [4.78, 5) is 53.6. The number of carbonyl (C=O) groups is 3. The molecular formula is C23H22N4O8. The van der Waals surface area contributed by atoms with E-state index in [2.05, 4.69) is 10.3 Å². The third-order valence-electron chi connectivity index (χ3n) is 4.55. The zero-order valence-electron chi connectivity index (χ0n) is 18.7. The lowest BCUT2D eigenvalue weighted by Crippen LogP contribution is -2.34. The summed E-state index contributed by atoms with van der Waals surface area (Å²) in [6.07, 6.45) is 2.53. The standard InChI is InChI=1S/C23H22N4O8/c1-12(2)35-15-7-3-6-14(9-15)27-22(33)17(20(31)25-11-16(28)29)19(30)18(23(27)34)21(32)26-13-5-4-8-24-10-13/h3-10,12,30,33H,11H2,1-2H3,(H,25,31)(H,26,32)(H,28,29). The average Bonchev–Trinajstić information content (AvgIpc) is 2.78. The number of aromatic hydroxyl groups is 2. The smallest absolute Gasteiger partial charge is 0.322 e. The van der Waals surface area contributed by atoms with Gasteiger partial charge in [-0.2, -0.15) is 0 Å². The van der Waals surface area contributed by atoms with Crippen LogP contribution in [0, 0.1) is 0 Å². The summed E-state index contributed by atoms with van der Waals surface area (Å²) in [5, 5.41) is 34.7. The van der Waals surface area contributed by atoms with Gasteiger partial charge in [-0.25, -0.2) is 4.57 Å². The predicted molar refractivity (Wildman–Crippen MR) is 123 cm³/mol. The molecule has 0 aliphatic rings. The van der Waals surface area contributed by atoms with Crippen LogP contribution in [0.1, 0.15) is 34.6 Å². The number of aromatic nitrogens is 2. The van der Waals surface area contributed by atoms with Gasteiger partial charge in [-0.15, -0.1) is 0 Å². The van der Waals surface area contributed by atoms with E-state index in [1.54, 1.807) is 19.9 Å². The number of hydrogen-bond donors (Lipinski definition) is 5. The van der Waals surface area contributed by atoms with Crippen LogP contribution in [0.5, 0.6) is 17.4 Å². The second-order valence-electron chi connectivity index (χ2n) is 7.50. The van der Waals surface area contributed by atoms with Gasteiger partial charge in [0.25, 0.3) is 17.4 Å². The first-order valence-corrected chi connectivity index (χ1v) is 10.3. The van der Waals surface area contributed by atoms with Gasteiger partial charge in [0.1, 0.15) is 23.4 Å². The van der Waals surface area contributed by atoms with E-state index in [0.29, 0.717) is 10.3 Å². The Morgan fingerprint density at radius 1 is 1.09 bits per heavy atom. The predicted octanol–water partition coefficient (Wildman–Crippen LogP) is 1.50. The SMILES string of the molecule is CC(C)Oc1cccc(-n2c(O)c(C(=O)NCC(=O)O)c(O)c(C(=O)Nc3cccnc3)c2=O)c1. The quantitative estimate of drug-likeness (QED) is 0.318. The number of nitrogens with zero attached hydrogens (tertiary/aromatic N) is 2. The summed E-state index contributed by atoms with van der Waals surface area (Å²) in [5.41, 5.74) is -2.65. The number of hydrogen-bond acceptors (Lipinski definition) is 8. The van der Waals surface area contributed by atoms with E-state index in [1.165, 1.54) is 42.7 Å². The largest absolute Gasteiger partial charge is 0.506 e. The van der Waals surface area contributed by atoms with Gasteiger partial charge in [0, 0.05) is 12.3 Å². The zero-order valence-corrected chi connectivity index (χ0v) is 18.7. The van der Waals surface area contributed by atoms with Crippen LogP contribution in [0.4, 0.5) is 5.69 Å². The van der Waals surface area contributed by atoms with Crippen molar-refractivity contribution in [1.82, 2.24) is 14.9 Å². The second kappa shape index (κ2) is 10.4. The lowest BCUT2D eigenvalue weighted by Gasteiger charge is -2.17. The van der Waals surface area contributed by atoms with Gasteiger partial charge in [-0.3, -0.25) is 24.2 Å². The number of benzene rings is 1. The molecule has 182 valence electrons. The van der Waals surface area contributed by atoms with Crippen molar-refractivity contribution in [3.05, 3.63) is 70.3 Å². The molecule has 0 aliphatic carbocycles. The number of nitrogens with one attached hydrogen (secondary N) is 2. The maximum absolute atomic E-state index is 13.3. The molecule has 12 heteroatoms. The van der Waals surface area contributed by atoms with Gasteiger partial charge < -0.3 is 30.7 Å². The molecule has 0 bridgehead atoms. The third-order valence-corrected chi connectivity index (χ3v) is 4.55. The minimum absolute atomic E-state index is 0.0216. The van der Waals surface area contributed by atoms with Crippen molar-refractivity contribution in [1.29, 1.82) is 0 Å². The minimum Gasteiger partial charge on any atom is -0.506 e. The molecule has 0 aliphatic heterocycles. The number of aliphatic carboxylic acids is 1. The number of pyridine rings is 2. The normalized spacial score (nSPS) is 10.6. The Bertz CT molecular complexity index is 1340. The molecule has 1 aromatic carbocycles. The van der Waals surface area contributed by atoms with E-state index in [4.69, 9.17) is 9.84 Å². The number of amides is 2. The molecule has 5 N–H and O–H groups in total. The third kappa shape index (κ3) is 5.55. The summed E-state index contributed by atoms with van der Waals surface area (Å²) in [5.74, 6) is -5.50. The number of carbonyl (C=O) groups excluding carboxylic acids is 2. The highest BCUT2D eigenvalue weighted by atomic mass is 16.5. The topological polar surface area (TPSA) is 180 Å². The van der Waals surface area contributed by atoms with E-state index < -0.39 is 52.6 Å². The van der Waals surface area contributed by atoms with Crippen LogP contribution >= 0.6 is 0 Å². The van der Waals surface area contributed by atoms with Crippen LogP contribution in [0.3, 0.4) is 0 Å². The Balaban J connectivity index is 2.22. The summed E-state index contributed by atoms with van der Waals surface area (Å²) in [7, 11) is 0. The van der Waals surface area contributed by atoms with Gasteiger partial charge in [0.2, 0.25) is 5.88 Å². The monoisotopic (exact) mass is 482 g/mol. The van der Waals surface area contributed by atoms with E-state index in [1.807, 2.05) is 5.32 Å². The molecular weight excluding hydrogens is 460 g/mol. The van der Waals surface area contributed by atoms with Gasteiger partial charge in [-0.1, -0.05) is 6.07 Å². The lowest BCUT2D eigenvalue weighted by atomic mass is 10.1. The molecule has 0 unspecified atom stereocenters. The van der Waals surface area contributed by atoms with E-state index in [9.17, 15) is 29.4 Å². The van der Waals surface area contributed by atoms with Crippen LogP contribution in [0.25, 0.3) is 5.69 Å². The Kier molecular flexibility index (Phi) is 7.34. The Morgan fingerprint density at radius 2 is 1.83 bits per heavy atom. The Labute approximate surface area is 198 Å². The maximum Gasteiger partial charge on any atom is 0.322 e. The van der Waals surface area contributed by atoms with E-state index in [0.717, 1.165) is 0 Å². The molecule has 35 heavy (non-hydrogen) atoms. The van der Waals surface area contributed by atoms with Crippen molar-refractivity contribution in [2.75, 3.05) is 11.9 Å². The molecule has 0 saturated heterocycles. The molecule has 3 rings (SSSR count). The Morgan fingerprint density at radius 3 is 2.46 bits per heavy atom. The summed E-state index contributed by atoms with van der Waals surface area (Å²) < 4.78 is 6.24. The molecule has 3 aromatic rings. The van der Waals surface area contributed by atoms with Crippen molar-refractivity contribution in [2.24, 2.45) is 0 Å². The highest BCUT2D eigenvalue weighted by molar-refractivity contribution is 6.10. The van der Waals surface area contributed by atoms with Crippen LogP contribution < -0.4 is 20.9 Å². The zero-order chi connectivity index (χ0) is 25.7. The fraction of sp³-hybridized carbons (Fsp3) is 0.174. The molecule has 2 amide bonds. The number of anilines is 1. The number of ether oxygens (including phenoxy) is 1. The van der Waals surface area contributed by atoms with Crippen LogP contribution in [0.2, 0.25) is 0 Å². The fourth-order valence-corrected chi connectivity index (χ4v) is 3.15. The molecule has 12 nitrogen and oxygen atoms in total. The van der Waals surface area contributed by atoms with Crippen LogP contribution in [-0.2, 0) is 4.79 Å².